The van der Waals surface area contributed by atoms with E-state index in [4.69, 9.17) is 10.8 Å². The van der Waals surface area contributed by atoms with E-state index in [1.165, 1.54) is 27.9 Å². The van der Waals surface area contributed by atoms with Gasteiger partial charge in [0.2, 0.25) is 0 Å². The zero-order chi connectivity index (χ0) is 15.6. The zero-order valence-corrected chi connectivity index (χ0v) is 13.9. The highest BCUT2D eigenvalue weighted by Gasteiger charge is 2.19. The molecule has 21 heavy (non-hydrogen) atoms. The standard InChI is InChI=1S/C18H27N3/c1-6-16-18(14(5)19)17(7-2)21(20-16)11-15-12(3)9-8-10-13(15)4/h8-10,14H,6-7,11,19H2,1-5H3. The second-order valence-corrected chi connectivity index (χ2v) is 5.83. The van der Waals surface area contributed by atoms with Crippen LogP contribution in [0.1, 0.15) is 60.5 Å². The smallest absolute Gasteiger partial charge is 0.0672 e. The van der Waals surface area contributed by atoms with Crippen molar-refractivity contribution in [3.63, 3.8) is 0 Å². The molecular weight excluding hydrogens is 258 g/mol. The Morgan fingerprint density at radius 1 is 1.14 bits per heavy atom. The van der Waals surface area contributed by atoms with Gasteiger partial charge in [0.05, 0.1) is 12.2 Å². The van der Waals surface area contributed by atoms with Gasteiger partial charge in [0.1, 0.15) is 0 Å². The van der Waals surface area contributed by atoms with E-state index in [0.717, 1.165) is 25.1 Å². The first-order valence-corrected chi connectivity index (χ1v) is 7.88. The van der Waals surface area contributed by atoms with Crippen LogP contribution in [0.5, 0.6) is 0 Å². The van der Waals surface area contributed by atoms with Crippen LogP contribution in [0, 0.1) is 13.8 Å². The number of nitrogens with two attached hydrogens (primary N) is 1. The van der Waals surface area contributed by atoms with Gasteiger partial charge in [0, 0.05) is 17.3 Å². The van der Waals surface area contributed by atoms with Crippen LogP contribution in [-0.4, -0.2) is 9.78 Å². The summed E-state index contributed by atoms with van der Waals surface area (Å²) in [4.78, 5) is 0. The molecule has 3 nitrogen and oxygen atoms in total. The zero-order valence-electron chi connectivity index (χ0n) is 13.9. The summed E-state index contributed by atoms with van der Waals surface area (Å²) in [5, 5.41) is 4.83. The van der Waals surface area contributed by atoms with E-state index in [0.29, 0.717) is 0 Å². The maximum absolute atomic E-state index is 6.18. The largest absolute Gasteiger partial charge is 0.324 e. The average Bonchev–Trinajstić information content (AvgIpc) is 2.80. The second kappa shape index (κ2) is 6.44. The second-order valence-electron chi connectivity index (χ2n) is 5.83. The molecule has 2 aromatic rings. The van der Waals surface area contributed by atoms with Gasteiger partial charge >= 0.3 is 0 Å². The molecule has 2 rings (SSSR count). The molecule has 3 heteroatoms. The summed E-state index contributed by atoms with van der Waals surface area (Å²) in [7, 11) is 0. The van der Waals surface area contributed by atoms with Crippen LogP contribution in [-0.2, 0) is 19.4 Å². The van der Waals surface area contributed by atoms with Gasteiger partial charge in [-0.3, -0.25) is 4.68 Å². The molecule has 0 radical (unpaired) electrons. The van der Waals surface area contributed by atoms with Gasteiger partial charge in [-0.25, -0.2) is 0 Å². The van der Waals surface area contributed by atoms with Crippen molar-refractivity contribution >= 4 is 0 Å². The van der Waals surface area contributed by atoms with Crippen LogP contribution < -0.4 is 5.73 Å². The molecule has 1 heterocycles. The lowest BCUT2D eigenvalue weighted by molar-refractivity contribution is 0.633. The minimum Gasteiger partial charge on any atom is -0.324 e. The van der Waals surface area contributed by atoms with Crippen molar-refractivity contribution in [1.29, 1.82) is 0 Å². The number of hydrogen-bond donors (Lipinski definition) is 1. The summed E-state index contributed by atoms with van der Waals surface area (Å²) in [6.45, 7) is 11.6. The van der Waals surface area contributed by atoms with Crippen molar-refractivity contribution < 1.29 is 0 Å². The van der Waals surface area contributed by atoms with Crippen LogP contribution in [0.3, 0.4) is 0 Å². The van der Waals surface area contributed by atoms with Gasteiger partial charge in [-0.1, -0.05) is 32.0 Å². The van der Waals surface area contributed by atoms with Crippen molar-refractivity contribution in [3.8, 4) is 0 Å². The molecule has 114 valence electrons. The maximum atomic E-state index is 6.18. The molecule has 0 aliphatic heterocycles. The van der Waals surface area contributed by atoms with Gasteiger partial charge in [-0.05, 0) is 50.3 Å². The molecule has 0 saturated heterocycles. The quantitative estimate of drug-likeness (QED) is 0.910. The third kappa shape index (κ3) is 3.03. The topological polar surface area (TPSA) is 43.8 Å². The predicted molar refractivity (Wildman–Crippen MR) is 88.6 cm³/mol. The molecule has 1 unspecified atom stereocenters. The number of aromatic nitrogens is 2. The lowest BCUT2D eigenvalue weighted by Gasteiger charge is -2.13. The van der Waals surface area contributed by atoms with Gasteiger partial charge in [-0.2, -0.15) is 5.10 Å². The Labute approximate surface area is 128 Å². The van der Waals surface area contributed by atoms with Crippen LogP contribution in [0.4, 0.5) is 0 Å². The molecule has 1 atom stereocenters. The van der Waals surface area contributed by atoms with E-state index in [1.807, 2.05) is 0 Å². The highest BCUT2D eigenvalue weighted by atomic mass is 15.3. The number of hydrogen-bond acceptors (Lipinski definition) is 2. The first-order chi connectivity index (χ1) is 9.99. The van der Waals surface area contributed by atoms with Crippen molar-refractivity contribution in [2.24, 2.45) is 5.73 Å². The molecule has 0 amide bonds. The van der Waals surface area contributed by atoms with Crippen LogP contribution in [0.2, 0.25) is 0 Å². The minimum absolute atomic E-state index is 0.0432. The number of benzene rings is 1. The molecule has 0 aliphatic carbocycles. The molecule has 0 spiro atoms. The Hall–Kier alpha value is -1.61. The molecule has 0 aliphatic rings. The Bertz CT molecular complexity index is 603. The van der Waals surface area contributed by atoms with Crippen LogP contribution in [0.25, 0.3) is 0 Å². The number of rotatable bonds is 5. The lowest BCUT2D eigenvalue weighted by atomic mass is 10.0. The molecule has 1 aromatic carbocycles. The number of nitrogens with zero attached hydrogens (tertiary/aromatic N) is 2. The third-order valence-corrected chi connectivity index (χ3v) is 4.25. The van der Waals surface area contributed by atoms with Crippen LogP contribution >= 0.6 is 0 Å². The first-order valence-electron chi connectivity index (χ1n) is 7.88. The highest BCUT2D eigenvalue weighted by molar-refractivity contribution is 5.35. The summed E-state index contributed by atoms with van der Waals surface area (Å²) in [5.41, 5.74) is 13.9. The summed E-state index contributed by atoms with van der Waals surface area (Å²) in [5.74, 6) is 0. The van der Waals surface area contributed by atoms with E-state index in [9.17, 15) is 0 Å². The van der Waals surface area contributed by atoms with Crippen LogP contribution in [0.15, 0.2) is 18.2 Å². The maximum Gasteiger partial charge on any atom is 0.0672 e. The Kier molecular flexibility index (Phi) is 4.84. The van der Waals surface area contributed by atoms with Gasteiger partial charge in [-0.15, -0.1) is 0 Å². The van der Waals surface area contributed by atoms with Crippen molar-refractivity contribution in [2.75, 3.05) is 0 Å². The van der Waals surface area contributed by atoms with Gasteiger partial charge < -0.3 is 5.73 Å². The molecule has 0 fully saturated rings. The summed E-state index contributed by atoms with van der Waals surface area (Å²) < 4.78 is 2.16. The SMILES string of the molecule is CCc1nn(Cc2c(C)cccc2C)c(CC)c1C(C)N. The van der Waals surface area contributed by atoms with E-state index in [-0.39, 0.29) is 6.04 Å². The molecule has 2 N–H and O–H groups in total. The number of aryl methyl sites for hydroxylation is 3. The monoisotopic (exact) mass is 285 g/mol. The highest BCUT2D eigenvalue weighted by Crippen LogP contribution is 2.24. The van der Waals surface area contributed by atoms with Crippen molar-refractivity contribution in [2.45, 2.75) is 60.0 Å². The van der Waals surface area contributed by atoms with E-state index >= 15 is 0 Å². The van der Waals surface area contributed by atoms with Crippen molar-refractivity contribution in [3.05, 3.63) is 51.8 Å². The molecule has 0 saturated carbocycles. The minimum atomic E-state index is 0.0432. The van der Waals surface area contributed by atoms with E-state index in [2.05, 4.69) is 57.5 Å². The fourth-order valence-electron chi connectivity index (χ4n) is 3.10. The summed E-state index contributed by atoms with van der Waals surface area (Å²) in [6.07, 6.45) is 1.90. The Balaban J connectivity index is 2.50. The fourth-order valence-corrected chi connectivity index (χ4v) is 3.10. The third-order valence-electron chi connectivity index (χ3n) is 4.25. The first kappa shape index (κ1) is 15.8. The predicted octanol–water partition coefficient (Wildman–Crippen LogP) is 3.69. The molecule has 1 aromatic heterocycles. The van der Waals surface area contributed by atoms with Gasteiger partial charge in [0.25, 0.3) is 0 Å². The normalized spacial score (nSPS) is 12.7. The summed E-state index contributed by atoms with van der Waals surface area (Å²) in [6, 6.07) is 6.50. The lowest BCUT2D eigenvalue weighted by Crippen LogP contribution is -2.12. The molecule has 0 bridgehead atoms. The fraction of sp³-hybridized carbons (Fsp3) is 0.500. The van der Waals surface area contributed by atoms with Gasteiger partial charge in [0.15, 0.2) is 0 Å². The van der Waals surface area contributed by atoms with Crippen molar-refractivity contribution in [1.82, 2.24) is 9.78 Å². The Morgan fingerprint density at radius 2 is 1.76 bits per heavy atom. The molecular formula is C18H27N3. The van der Waals surface area contributed by atoms with E-state index in [1.54, 1.807) is 0 Å². The summed E-state index contributed by atoms with van der Waals surface area (Å²) >= 11 is 0. The van der Waals surface area contributed by atoms with E-state index < -0.39 is 0 Å². The average molecular weight is 285 g/mol. The Morgan fingerprint density at radius 3 is 2.24 bits per heavy atom.